The fourth-order valence-corrected chi connectivity index (χ4v) is 1.92. The van der Waals surface area contributed by atoms with Crippen LogP contribution >= 0.6 is 15.9 Å². The van der Waals surface area contributed by atoms with Crippen molar-refractivity contribution in [2.24, 2.45) is 0 Å². The zero-order valence-electron chi connectivity index (χ0n) is 8.86. The van der Waals surface area contributed by atoms with Gasteiger partial charge in [0.05, 0.1) is 4.92 Å². The molecule has 1 aromatic heterocycles. The molecule has 0 aliphatic rings. The summed E-state index contributed by atoms with van der Waals surface area (Å²) in [5.41, 5.74) is 1.29. The van der Waals surface area contributed by atoms with E-state index in [1.165, 1.54) is 0 Å². The van der Waals surface area contributed by atoms with Crippen LogP contribution in [0, 0.1) is 24.0 Å². The van der Waals surface area contributed by atoms with Gasteiger partial charge in [0.1, 0.15) is 11.4 Å². The molecule has 0 fully saturated rings. The standard InChI is InChI=1S/C9H14BrN3O2/c1-7-9(13(14)15)8(2)12(11-7)6-4-3-5-10/h3-6H2,1-2H3. The average Bonchev–Trinajstić information content (AvgIpc) is 2.42. The monoisotopic (exact) mass is 275 g/mol. The second-order valence-corrected chi connectivity index (χ2v) is 4.19. The maximum Gasteiger partial charge on any atom is 0.312 e. The van der Waals surface area contributed by atoms with Crippen LogP contribution in [0.1, 0.15) is 24.2 Å². The van der Waals surface area contributed by atoms with Crippen LogP contribution in [0.15, 0.2) is 0 Å². The molecule has 0 spiro atoms. The molecule has 0 bridgehead atoms. The molecule has 1 heterocycles. The third kappa shape index (κ3) is 2.77. The fourth-order valence-electron chi connectivity index (χ4n) is 1.53. The Kier molecular flexibility index (Phi) is 4.26. The van der Waals surface area contributed by atoms with E-state index in [9.17, 15) is 10.1 Å². The van der Waals surface area contributed by atoms with Crippen LogP contribution in [-0.4, -0.2) is 20.0 Å². The maximum absolute atomic E-state index is 10.7. The zero-order valence-corrected chi connectivity index (χ0v) is 10.5. The molecule has 1 aromatic rings. The summed E-state index contributed by atoms with van der Waals surface area (Å²) >= 11 is 3.35. The highest BCUT2D eigenvalue weighted by Gasteiger charge is 2.21. The van der Waals surface area contributed by atoms with Crippen LogP contribution in [0.2, 0.25) is 0 Å². The van der Waals surface area contributed by atoms with Gasteiger partial charge in [-0.05, 0) is 26.7 Å². The minimum Gasteiger partial charge on any atom is -0.262 e. The minimum absolute atomic E-state index is 0.147. The molecule has 0 aliphatic carbocycles. The van der Waals surface area contributed by atoms with Crippen molar-refractivity contribution in [3.63, 3.8) is 0 Å². The Labute approximate surface area is 96.7 Å². The number of halogens is 1. The molecule has 0 aliphatic heterocycles. The van der Waals surface area contributed by atoms with Crippen molar-refractivity contribution < 1.29 is 4.92 Å². The van der Waals surface area contributed by atoms with Crippen LogP contribution in [0.25, 0.3) is 0 Å². The zero-order chi connectivity index (χ0) is 11.4. The Bertz CT molecular complexity index is 362. The molecular weight excluding hydrogens is 262 g/mol. The molecule has 6 heteroatoms. The number of aromatic nitrogens is 2. The predicted octanol–water partition coefficient (Wildman–Crippen LogP) is 2.58. The Morgan fingerprint density at radius 2 is 2.13 bits per heavy atom. The smallest absolute Gasteiger partial charge is 0.262 e. The number of hydrogen-bond acceptors (Lipinski definition) is 3. The van der Waals surface area contributed by atoms with Crippen molar-refractivity contribution in [1.82, 2.24) is 9.78 Å². The molecule has 0 atom stereocenters. The Hall–Kier alpha value is -0.910. The minimum atomic E-state index is -0.362. The quantitative estimate of drug-likeness (QED) is 0.359. The van der Waals surface area contributed by atoms with E-state index in [4.69, 9.17) is 0 Å². The third-order valence-corrected chi connectivity index (χ3v) is 2.84. The van der Waals surface area contributed by atoms with Gasteiger partial charge in [0, 0.05) is 11.9 Å². The molecule has 0 aromatic carbocycles. The van der Waals surface area contributed by atoms with Gasteiger partial charge in [-0.2, -0.15) is 5.10 Å². The Morgan fingerprint density at radius 1 is 1.47 bits per heavy atom. The third-order valence-electron chi connectivity index (χ3n) is 2.28. The molecule has 0 unspecified atom stereocenters. The number of alkyl halides is 1. The summed E-state index contributed by atoms with van der Waals surface area (Å²) in [6, 6.07) is 0. The van der Waals surface area contributed by atoms with Gasteiger partial charge in [0.2, 0.25) is 0 Å². The molecule has 0 saturated heterocycles. The summed E-state index contributed by atoms with van der Waals surface area (Å²) in [7, 11) is 0. The Morgan fingerprint density at radius 3 is 2.60 bits per heavy atom. The highest BCUT2D eigenvalue weighted by molar-refractivity contribution is 9.09. The summed E-state index contributed by atoms with van der Waals surface area (Å²) in [5.74, 6) is 0. The lowest BCUT2D eigenvalue weighted by Crippen LogP contribution is -2.03. The lowest BCUT2D eigenvalue weighted by Gasteiger charge is -2.01. The van der Waals surface area contributed by atoms with Gasteiger partial charge in [-0.25, -0.2) is 0 Å². The van der Waals surface area contributed by atoms with Gasteiger partial charge in [-0.15, -0.1) is 0 Å². The normalized spacial score (nSPS) is 10.6. The number of hydrogen-bond donors (Lipinski definition) is 0. The summed E-state index contributed by atoms with van der Waals surface area (Å²) in [6.07, 6.45) is 2.02. The molecule has 0 N–H and O–H groups in total. The highest BCUT2D eigenvalue weighted by Crippen LogP contribution is 2.21. The summed E-state index contributed by atoms with van der Waals surface area (Å²) in [5, 5.41) is 15.8. The fraction of sp³-hybridized carbons (Fsp3) is 0.667. The van der Waals surface area contributed by atoms with E-state index < -0.39 is 0 Å². The van der Waals surface area contributed by atoms with E-state index in [2.05, 4.69) is 21.0 Å². The number of aryl methyl sites for hydroxylation is 2. The maximum atomic E-state index is 10.7. The molecule has 5 nitrogen and oxygen atoms in total. The summed E-state index contributed by atoms with van der Waals surface area (Å²) in [6.45, 7) is 4.16. The number of unbranched alkanes of at least 4 members (excludes halogenated alkanes) is 1. The molecule has 0 amide bonds. The topological polar surface area (TPSA) is 61.0 Å². The number of nitrogens with zero attached hydrogens (tertiary/aromatic N) is 3. The van der Waals surface area contributed by atoms with Crippen molar-refractivity contribution in [3.05, 3.63) is 21.5 Å². The largest absolute Gasteiger partial charge is 0.312 e. The van der Waals surface area contributed by atoms with Crippen LogP contribution in [-0.2, 0) is 6.54 Å². The second kappa shape index (κ2) is 5.25. The van der Waals surface area contributed by atoms with Crippen LogP contribution in [0.3, 0.4) is 0 Å². The van der Waals surface area contributed by atoms with Crippen LogP contribution < -0.4 is 0 Å². The van der Waals surface area contributed by atoms with Crippen molar-refractivity contribution in [3.8, 4) is 0 Å². The lowest BCUT2D eigenvalue weighted by atomic mass is 10.3. The molecule has 0 saturated carbocycles. The van der Waals surface area contributed by atoms with E-state index in [0.29, 0.717) is 11.4 Å². The van der Waals surface area contributed by atoms with Crippen LogP contribution in [0.4, 0.5) is 5.69 Å². The predicted molar refractivity (Wildman–Crippen MR) is 61.4 cm³/mol. The molecule has 1 rings (SSSR count). The van der Waals surface area contributed by atoms with Crippen molar-refractivity contribution in [1.29, 1.82) is 0 Å². The lowest BCUT2D eigenvalue weighted by molar-refractivity contribution is -0.386. The Balaban J connectivity index is 2.82. The molecule has 0 radical (unpaired) electrons. The highest BCUT2D eigenvalue weighted by atomic mass is 79.9. The first-order valence-electron chi connectivity index (χ1n) is 4.82. The van der Waals surface area contributed by atoms with E-state index in [-0.39, 0.29) is 10.6 Å². The van der Waals surface area contributed by atoms with Gasteiger partial charge in [-0.1, -0.05) is 15.9 Å². The van der Waals surface area contributed by atoms with Gasteiger partial charge >= 0.3 is 5.69 Å². The van der Waals surface area contributed by atoms with Crippen LogP contribution in [0.5, 0.6) is 0 Å². The van der Waals surface area contributed by atoms with Crippen molar-refractivity contribution >= 4 is 21.6 Å². The van der Waals surface area contributed by atoms with Crippen molar-refractivity contribution in [2.75, 3.05) is 5.33 Å². The number of rotatable bonds is 5. The summed E-state index contributed by atoms with van der Waals surface area (Å²) in [4.78, 5) is 10.4. The second-order valence-electron chi connectivity index (χ2n) is 3.40. The first kappa shape index (κ1) is 12.2. The number of nitro groups is 1. The van der Waals surface area contributed by atoms with E-state index in [0.717, 1.165) is 24.7 Å². The van der Waals surface area contributed by atoms with Crippen molar-refractivity contribution in [2.45, 2.75) is 33.2 Å². The van der Waals surface area contributed by atoms with E-state index >= 15 is 0 Å². The first-order valence-corrected chi connectivity index (χ1v) is 5.94. The van der Waals surface area contributed by atoms with E-state index in [1.54, 1.807) is 18.5 Å². The first-order chi connectivity index (χ1) is 7.07. The molecule has 84 valence electrons. The van der Waals surface area contributed by atoms with Gasteiger partial charge < -0.3 is 0 Å². The van der Waals surface area contributed by atoms with E-state index in [1.807, 2.05) is 0 Å². The molecular formula is C9H14BrN3O2. The van der Waals surface area contributed by atoms with Gasteiger partial charge in [0.15, 0.2) is 0 Å². The van der Waals surface area contributed by atoms with Gasteiger partial charge in [-0.3, -0.25) is 14.8 Å². The molecule has 15 heavy (non-hydrogen) atoms. The SMILES string of the molecule is Cc1nn(CCCCBr)c(C)c1[N+](=O)[O-]. The average molecular weight is 276 g/mol. The summed E-state index contributed by atoms with van der Waals surface area (Å²) < 4.78 is 1.72. The van der Waals surface area contributed by atoms with Gasteiger partial charge in [0.25, 0.3) is 0 Å².